The fourth-order valence-electron chi connectivity index (χ4n) is 1.16. The standard InChI is InChI=1S/C9H7NO2S/c11-13(12)9-5-7-3-1-2-4-8(7)6-10-9/h1-6H,(H,11,12). The van der Waals surface area contributed by atoms with Crippen molar-refractivity contribution in [2.24, 2.45) is 0 Å². The van der Waals surface area contributed by atoms with Crippen molar-refractivity contribution in [2.45, 2.75) is 5.03 Å². The van der Waals surface area contributed by atoms with E-state index < -0.39 is 11.1 Å². The van der Waals surface area contributed by atoms with Gasteiger partial charge in [0.1, 0.15) is 0 Å². The van der Waals surface area contributed by atoms with Crippen LogP contribution in [0.3, 0.4) is 0 Å². The van der Waals surface area contributed by atoms with Crippen LogP contribution in [0.25, 0.3) is 10.8 Å². The molecule has 0 aliphatic rings. The van der Waals surface area contributed by atoms with Crippen LogP contribution in [0.1, 0.15) is 0 Å². The molecule has 1 unspecified atom stereocenters. The van der Waals surface area contributed by atoms with Crippen LogP contribution in [-0.4, -0.2) is 13.7 Å². The maximum Gasteiger partial charge on any atom is 0.205 e. The molecule has 66 valence electrons. The molecule has 2 rings (SSSR count). The first-order valence-electron chi connectivity index (χ1n) is 3.73. The molecule has 4 heteroatoms. The van der Waals surface area contributed by atoms with Gasteiger partial charge in [-0.05, 0) is 11.5 Å². The van der Waals surface area contributed by atoms with E-state index in [1.165, 1.54) is 0 Å². The van der Waals surface area contributed by atoms with Crippen LogP contribution in [-0.2, 0) is 11.1 Å². The highest BCUT2D eigenvalue weighted by Crippen LogP contribution is 2.14. The number of nitrogens with zero attached hydrogens (tertiary/aromatic N) is 1. The summed E-state index contributed by atoms with van der Waals surface area (Å²) in [5.41, 5.74) is 0. The summed E-state index contributed by atoms with van der Waals surface area (Å²) in [7, 11) is 0. The number of hydrogen-bond donors (Lipinski definition) is 1. The molecule has 0 amide bonds. The Hall–Kier alpha value is -1.26. The number of hydrogen-bond acceptors (Lipinski definition) is 2. The number of aromatic nitrogens is 1. The summed E-state index contributed by atoms with van der Waals surface area (Å²) in [5, 5.41) is 2.09. The fourth-order valence-corrected chi connectivity index (χ4v) is 1.53. The van der Waals surface area contributed by atoms with Crippen molar-refractivity contribution >= 4 is 21.9 Å². The van der Waals surface area contributed by atoms with E-state index in [0.29, 0.717) is 0 Å². The number of benzene rings is 1. The van der Waals surface area contributed by atoms with Gasteiger partial charge in [0.05, 0.1) is 0 Å². The molecule has 1 atom stereocenters. The highest BCUT2D eigenvalue weighted by atomic mass is 32.2. The average molecular weight is 193 g/mol. The first-order valence-corrected chi connectivity index (χ1v) is 4.84. The lowest BCUT2D eigenvalue weighted by atomic mass is 10.2. The van der Waals surface area contributed by atoms with Gasteiger partial charge in [-0.3, -0.25) is 0 Å². The molecule has 0 saturated heterocycles. The van der Waals surface area contributed by atoms with E-state index in [-0.39, 0.29) is 5.03 Å². The molecule has 13 heavy (non-hydrogen) atoms. The number of pyridine rings is 1. The molecule has 1 heterocycles. The maximum atomic E-state index is 10.7. The van der Waals surface area contributed by atoms with Crippen molar-refractivity contribution in [3.8, 4) is 0 Å². The minimum absolute atomic E-state index is 0.193. The molecule has 0 aliphatic carbocycles. The lowest BCUT2D eigenvalue weighted by molar-refractivity contribution is 0.560. The van der Waals surface area contributed by atoms with Crippen LogP contribution in [0.4, 0.5) is 0 Å². The largest absolute Gasteiger partial charge is 0.301 e. The van der Waals surface area contributed by atoms with Crippen molar-refractivity contribution in [2.75, 3.05) is 0 Å². The van der Waals surface area contributed by atoms with Gasteiger partial charge in [-0.25, -0.2) is 9.19 Å². The highest BCUT2D eigenvalue weighted by Gasteiger charge is 2.01. The van der Waals surface area contributed by atoms with Gasteiger partial charge in [-0.1, -0.05) is 24.3 Å². The van der Waals surface area contributed by atoms with Gasteiger partial charge in [0, 0.05) is 11.6 Å². The van der Waals surface area contributed by atoms with E-state index in [9.17, 15) is 4.21 Å². The van der Waals surface area contributed by atoms with E-state index in [4.69, 9.17) is 4.55 Å². The maximum absolute atomic E-state index is 10.7. The Balaban J connectivity index is 2.69. The van der Waals surface area contributed by atoms with Crippen LogP contribution >= 0.6 is 0 Å². The zero-order valence-corrected chi connectivity index (χ0v) is 7.49. The van der Waals surface area contributed by atoms with Crippen molar-refractivity contribution in [1.82, 2.24) is 4.98 Å². The summed E-state index contributed by atoms with van der Waals surface area (Å²) in [4.78, 5) is 3.86. The Bertz CT molecular complexity index is 470. The molecule has 1 aromatic heterocycles. The number of rotatable bonds is 1. The predicted octanol–water partition coefficient (Wildman–Crippen LogP) is 1.82. The second-order valence-corrected chi connectivity index (χ2v) is 3.54. The van der Waals surface area contributed by atoms with Gasteiger partial charge >= 0.3 is 0 Å². The van der Waals surface area contributed by atoms with Crippen molar-refractivity contribution < 1.29 is 8.76 Å². The van der Waals surface area contributed by atoms with Crippen molar-refractivity contribution in [1.29, 1.82) is 0 Å². The summed E-state index contributed by atoms with van der Waals surface area (Å²) in [6.07, 6.45) is 1.60. The Labute approximate surface area is 77.7 Å². The van der Waals surface area contributed by atoms with Gasteiger partial charge in [0.25, 0.3) is 0 Å². The second kappa shape index (κ2) is 3.24. The third-order valence-corrected chi connectivity index (χ3v) is 2.37. The van der Waals surface area contributed by atoms with Crippen LogP contribution in [0.5, 0.6) is 0 Å². The molecule has 1 N–H and O–H groups in total. The number of fused-ring (bicyclic) bond motifs is 1. The summed E-state index contributed by atoms with van der Waals surface area (Å²) >= 11 is -2.00. The summed E-state index contributed by atoms with van der Waals surface area (Å²) in [6, 6.07) is 9.19. The Kier molecular flexibility index (Phi) is 2.08. The molecule has 0 aliphatic heterocycles. The molecule has 1 aromatic carbocycles. The van der Waals surface area contributed by atoms with Crippen LogP contribution in [0.2, 0.25) is 0 Å². The van der Waals surface area contributed by atoms with Gasteiger partial charge in [-0.15, -0.1) is 0 Å². The summed E-state index contributed by atoms with van der Waals surface area (Å²) in [5.74, 6) is 0. The molecule has 0 radical (unpaired) electrons. The second-order valence-electron chi connectivity index (χ2n) is 2.62. The average Bonchev–Trinajstić information content (AvgIpc) is 2.17. The predicted molar refractivity (Wildman–Crippen MR) is 50.8 cm³/mol. The zero-order chi connectivity index (χ0) is 9.26. The molecule has 2 aromatic rings. The van der Waals surface area contributed by atoms with E-state index >= 15 is 0 Å². The molecule has 0 bridgehead atoms. The fraction of sp³-hybridized carbons (Fsp3) is 0. The van der Waals surface area contributed by atoms with E-state index in [1.54, 1.807) is 12.3 Å². The molecule has 3 nitrogen and oxygen atoms in total. The zero-order valence-electron chi connectivity index (χ0n) is 6.68. The molecule has 0 spiro atoms. The molecule has 0 saturated carbocycles. The normalized spacial score (nSPS) is 13.0. The quantitative estimate of drug-likeness (QED) is 0.703. The van der Waals surface area contributed by atoms with E-state index in [2.05, 4.69) is 4.98 Å². The Morgan fingerprint density at radius 2 is 1.92 bits per heavy atom. The van der Waals surface area contributed by atoms with Crippen LogP contribution in [0.15, 0.2) is 41.6 Å². The minimum atomic E-state index is -2.00. The van der Waals surface area contributed by atoms with Gasteiger partial charge < -0.3 is 4.55 Å². The topological polar surface area (TPSA) is 50.2 Å². The first-order chi connectivity index (χ1) is 6.27. The smallest absolute Gasteiger partial charge is 0.205 e. The van der Waals surface area contributed by atoms with Gasteiger partial charge in [0.2, 0.25) is 11.1 Å². The third-order valence-electron chi connectivity index (χ3n) is 1.78. The third kappa shape index (κ3) is 1.59. The first kappa shape index (κ1) is 8.34. The van der Waals surface area contributed by atoms with Crippen LogP contribution in [0, 0.1) is 0 Å². The Morgan fingerprint density at radius 3 is 2.62 bits per heavy atom. The van der Waals surface area contributed by atoms with Crippen LogP contribution < -0.4 is 0 Å². The SMILES string of the molecule is O=S(O)c1cc2ccccc2cn1. The van der Waals surface area contributed by atoms with Gasteiger partial charge in [-0.2, -0.15) is 0 Å². The molecule has 0 fully saturated rings. The molecular formula is C9H7NO2S. The summed E-state index contributed by atoms with van der Waals surface area (Å²) in [6.45, 7) is 0. The van der Waals surface area contributed by atoms with Crippen molar-refractivity contribution in [3.63, 3.8) is 0 Å². The van der Waals surface area contributed by atoms with E-state index in [0.717, 1.165) is 10.8 Å². The monoisotopic (exact) mass is 193 g/mol. The van der Waals surface area contributed by atoms with E-state index in [1.807, 2.05) is 24.3 Å². The lowest BCUT2D eigenvalue weighted by Crippen LogP contribution is -1.91. The lowest BCUT2D eigenvalue weighted by Gasteiger charge is -1.97. The highest BCUT2D eigenvalue weighted by molar-refractivity contribution is 7.79. The van der Waals surface area contributed by atoms with Gasteiger partial charge in [0.15, 0.2) is 5.03 Å². The Morgan fingerprint density at radius 1 is 1.23 bits per heavy atom. The van der Waals surface area contributed by atoms with Crippen molar-refractivity contribution in [3.05, 3.63) is 36.5 Å². The minimum Gasteiger partial charge on any atom is -0.301 e. The molecular weight excluding hydrogens is 186 g/mol. The summed E-state index contributed by atoms with van der Waals surface area (Å²) < 4.78 is 19.5.